The van der Waals surface area contributed by atoms with Crippen molar-refractivity contribution in [3.8, 4) is 6.07 Å². The maximum Gasteiger partial charge on any atom is 0.243 e. The van der Waals surface area contributed by atoms with Crippen LogP contribution in [0.2, 0.25) is 0 Å². The second-order valence-corrected chi connectivity index (χ2v) is 6.57. The van der Waals surface area contributed by atoms with Gasteiger partial charge in [0.1, 0.15) is 0 Å². The van der Waals surface area contributed by atoms with Gasteiger partial charge in [0.05, 0.1) is 16.5 Å². The molecular weight excluding hydrogens is 298 g/mol. The van der Waals surface area contributed by atoms with Crippen molar-refractivity contribution in [3.63, 3.8) is 0 Å². The van der Waals surface area contributed by atoms with Gasteiger partial charge in [-0.25, -0.2) is 8.42 Å². The van der Waals surface area contributed by atoms with E-state index in [9.17, 15) is 8.42 Å². The number of sulfonamides is 1. The number of piperidine rings is 1. The first kappa shape index (κ1) is 16.9. The average molecular weight is 316 g/mol. The van der Waals surface area contributed by atoms with E-state index in [-0.39, 0.29) is 23.3 Å². The van der Waals surface area contributed by atoms with Gasteiger partial charge in [-0.15, -0.1) is 12.4 Å². The fourth-order valence-corrected chi connectivity index (χ4v) is 3.84. The minimum absolute atomic E-state index is 0. The number of hydrogen-bond acceptors (Lipinski definition) is 4. The summed E-state index contributed by atoms with van der Waals surface area (Å²) < 4.78 is 26.5. The number of benzene rings is 1. The van der Waals surface area contributed by atoms with Crippen LogP contribution in [-0.2, 0) is 10.0 Å². The Hall–Kier alpha value is -1.13. The summed E-state index contributed by atoms with van der Waals surface area (Å²) in [6.45, 7) is 1.02. The molecule has 7 heteroatoms. The lowest BCUT2D eigenvalue weighted by Gasteiger charge is -2.31. The van der Waals surface area contributed by atoms with E-state index in [4.69, 9.17) is 5.26 Å². The van der Waals surface area contributed by atoms with E-state index in [1.165, 1.54) is 10.4 Å². The van der Waals surface area contributed by atoms with Gasteiger partial charge >= 0.3 is 0 Å². The molecule has 1 aliphatic heterocycles. The van der Waals surface area contributed by atoms with Crippen LogP contribution in [0.5, 0.6) is 0 Å². The molecule has 1 heterocycles. The monoisotopic (exact) mass is 315 g/mol. The number of rotatable bonds is 3. The molecule has 0 bridgehead atoms. The van der Waals surface area contributed by atoms with Crippen molar-refractivity contribution in [3.05, 3.63) is 29.8 Å². The highest BCUT2D eigenvalue weighted by molar-refractivity contribution is 7.89. The third-order valence-electron chi connectivity index (χ3n) is 3.39. The van der Waals surface area contributed by atoms with Crippen molar-refractivity contribution in [1.82, 2.24) is 9.62 Å². The Labute approximate surface area is 126 Å². The molecule has 1 aliphatic rings. The predicted octanol–water partition coefficient (Wildman–Crippen LogP) is 1.35. The second kappa shape index (κ2) is 7.04. The lowest BCUT2D eigenvalue weighted by atomic mass is 10.1. The van der Waals surface area contributed by atoms with E-state index in [1.54, 1.807) is 18.2 Å². The second-order valence-electron chi connectivity index (χ2n) is 4.63. The molecular formula is C13H18ClN3O2S. The summed E-state index contributed by atoms with van der Waals surface area (Å²) in [5, 5.41) is 12.0. The van der Waals surface area contributed by atoms with Crippen molar-refractivity contribution in [2.75, 3.05) is 20.1 Å². The summed E-state index contributed by atoms with van der Waals surface area (Å²) in [4.78, 5) is 0.198. The molecule has 1 fully saturated rings. The molecule has 5 nitrogen and oxygen atoms in total. The van der Waals surface area contributed by atoms with Crippen LogP contribution in [0.15, 0.2) is 29.2 Å². The first-order valence-corrected chi connectivity index (χ1v) is 7.69. The molecule has 1 N–H and O–H groups in total. The van der Waals surface area contributed by atoms with Gasteiger partial charge in [0.2, 0.25) is 10.0 Å². The van der Waals surface area contributed by atoms with E-state index in [0.29, 0.717) is 18.7 Å². The fraction of sp³-hybridized carbons (Fsp3) is 0.462. The fourth-order valence-electron chi connectivity index (χ4n) is 2.27. The zero-order valence-corrected chi connectivity index (χ0v) is 12.9. The molecule has 0 radical (unpaired) electrons. The molecule has 110 valence electrons. The highest BCUT2D eigenvalue weighted by atomic mass is 35.5. The Balaban J connectivity index is 0.00000200. The molecule has 0 aliphatic carbocycles. The summed E-state index contributed by atoms with van der Waals surface area (Å²) in [6, 6.07) is 8.34. The van der Waals surface area contributed by atoms with E-state index >= 15 is 0 Å². The van der Waals surface area contributed by atoms with Crippen LogP contribution in [0.3, 0.4) is 0 Å². The smallest absolute Gasteiger partial charge is 0.243 e. The molecule has 1 saturated heterocycles. The number of likely N-dealkylation sites (N-methyl/N-ethyl adjacent to an activating group) is 1. The van der Waals surface area contributed by atoms with Gasteiger partial charge in [-0.05, 0) is 38.1 Å². The molecule has 0 aromatic heterocycles. The molecule has 1 atom stereocenters. The summed E-state index contributed by atoms with van der Waals surface area (Å²) in [7, 11) is -1.65. The standard InChI is InChI=1S/C13H17N3O2S.ClH/c1-15-12-5-3-7-16(10-12)19(17,18)13-6-2-4-11(8-13)9-14;/h2,4,6,8,12,15H,3,5,7,10H2,1H3;1H. The maximum atomic E-state index is 12.5. The summed E-state index contributed by atoms with van der Waals surface area (Å²) in [5.41, 5.74) is 0.364. The van der Waals surface area contributed by atoms with Crippen molar-refractivity contribution >= 4 is 22.4 Å². The largest absolute Gasteiger partial charge is 0.316 e. The number of halogens is 1. The van der Waals surface area contributed by atoms with Crippen LogP contribution < -0.4 is 5.32 Å². The van der Waals surface area contributed by atoms with E-state index in [1.807, 2.05) is 13.1 Å². The Morgan fingerprint density at radius 2 is 2.20 bits per heavy atom. The maximum absolute atomic E-state index is 12.5. The Bertz CT molecular complexity index is 598. The number of hydrogen-bond donors (Lipinski definition) is 1. The third kappa shape index (κ3) is 3.49. The van der Waals surface area contributed by atoms with Crippen LogP contribution in [-0.4, -0.2) is 38.9 Å². The minimum atomic E-state index is -3.50. The lowest BCUT2D eigenvalue weighted by molar-refractivity contribution is 0.293. The van der Waals surface area contributed by atoms with Gasteiger partial charge in [0, 0.05) is 19.1 Å². The van der Waals surface area contributed by atoms with Crippen molar-refractivity contribution in [1.29, 1.82) is 5.26 Å². The summed E-state index contributed by atoms with van der Waals surface area (Å²) in [5.74, 6) is 0. The topological polar surface area (TPSA) is 73.2 Å². The van der Waals surface area contributed by atoms with Crippen LogP contribution in [0.25, 0.3) is 0 Å². The van der Waals surface area contributed by atoms with Gasteiger partial charge in [-0.1, -0.05) is 6.07 Å². The number of nitriles is 1. The third-order valence-corrected chi connectivity index (χ3v) is 5.25. The SMILES string of the molecule is CNC1CCCN(S(=O)(=O)c2cccc(C#N)c2)C1.Cl. The zero-order valence-electron chi connectivity index (χ0n) is 11.2. The first-order chi connectivity index (χ1) is 9.07. The Morgan fingerprint density at radius 1 is 1.45 bits per heavy atom. The van der Waals surface area contributed by atoms with Crippen LogP contribution in [0.4, 0.5) is 0 Å². The van der Waals surface area contributed by atoms with Gasteiger partial charge < -0.3 is 5.32 Å². The summed E-state index contributed by atoms with van der Waals surface area (Å²) in [6.07, 6.45) is 1.84. The van der Waals surface area contributed by atoms with Crippen molar-refractivity contribution in [2.24, 2.45) is 0 Å². The number of nitrogens with one attached hydrogen (secondary N) is 1. The average Bonchev–Trinajstić information content (AvgIpc) is 2.47. The van der Waals surface area contributed by atoms with Gasteiger partial charge in [0.15, 0.2) is 0 Å². The Kier molecular flexibility index (Phi) is 5.96. The highest BCUT2D eigenvalue weighted by Gasteiger charge is 2.29. The zero-order chi connectivity index (χ0) is 13.9. The number of nitrogens with zero attached hydrogens (tertiary/aromatic N) is 2. The lowest BCUT2D eigenvalue weighted by Crippen LogP contribution is -2.46. The van der Waals surface area contributed by atoms with E-state index in [2.05, 4.69) is 5.32 Å². The van der Waals surface area contributed by atoms with Crippen LogP contribution >= 0.6 is 12.4 Å². The highest BCUT2D eigenvalue weighted by Crippen LogP contribution is 2.21. The van der Waals surface area contributed by atoms with Gasteiger partial charge in [-0.2, -0.15) is 9.57 Å². The molecule has 1 aromatic rings. The Morgan fingerprint density at radius 3 is 2.85 bits per heavy atom. The molecule has 2 rings (SSSR count). The van der Waals surface area contributed by atoms with Gasteiger partial charge in [-0.3, -0.25) is 0 Å². The predicted molar refractivity (Wildman–Crippen MR) is 79.2 cm³/mol. The molecule has 1 aromatic carbocycles. The minimum Gasteiger partial charge on any atom is -0.316 e. The van der Waals surface area contributed by atoms with E-state index < -0.39 is 10.0 Å². The van der Waals surface area contributed by atoms with E-state index in [0.717, 1.165) is 12.8 Å². The first-order valence-electron chi connectivity index (χ1n) is 6.25. The molecule has 0 amide bonds. The quantitative estimate of drug-likeness (QED) is 0.914. The van der Waals surface area contributed by atoms with Crippen molar-refractivity contribution in [2.45, 2.75) is 23.8 Å². The molecule has 0 saturated carbocycles. The normalized spacial score (nSPS) is 19.9. The van der Waals surface area contributed by atoms with Crippen LogP contribution in [0, 0.1) is 11.3 Å². The molecule has 20 heavy (non-hydrogen) atoms. The van der Waals surface area contributed by atoms with Crippen molar-refractivity contribution < 1.29 is 8.42 Å². The molecule has 1 unspecified atom stereocenters. The summed E-state index contributed by atoms with van der Waals surface area (Å²) >= 11 is 0. The van der Waals surface area contributed by atoms with Crippen LogP contribution in [0.1, 0.15) is 18.4 Å². The van der Waals surface area contributed by atoms with Gasteiger partial charge in [0.25, 0.3) is 0 Å². The molecule has 0 spiro atoms.